The van der Waals surface area contributed by atoms with Gasteiger partial charge < -0.3 is 5.11 Å². The first kappa shape index (κ1) is 8.63. The van der Waals surface area contributed by atoms with Gasteiger partial charge in [-0.15, -0.1) is 0 Å². The average molecular weight is 184 g/mol. The Labute approximate surface area is 75.0 Å². The smallest absolute Gasteiger partial charge is 0.261 e. The van der Waals surface area contributed by atoms with Gasteiger partial charge in [0.25, 0.3) is 5.92 Å². The van der Waals surface area contributed by atoms with Crippen molar-refractivity contribution in [1.82, 2.24) is 0 Å². The summed E-state index contributed by atoms with van der Waals surface area (Å²) in [6, 6.07) is 8.46. The van der Waals surface area contributed by atoms with E-state index in [2.05, 4.69) is 0 Å². The monoisotopic (exact) mass is 184 g/mol. The minimum atomic E-state index is -2.73. The zero-order valence-corrected chi connectivity index (χ0v) is 7.00. The minimum absolute atomic E-state index is 0.236. The van der Waals surface area contributed by atoms with E-state index in [1.54, 1.807) is 30.3 Å². The molecule has 2 rings (SSSR count). The quantitative estimate of drug-likeness (QED) is 0.744. The number of hydrogen-bond donors (Lipinski definition) is 1. The first-order valence-corrected chi connectivity index (χ1v) is 4.17. The average Bonchev–Trinajstić information content (AvgIpc) is 2.72. The van der Waals surface area contributed by atoms with E-state index >= 15 is 0 Å². The molecule has 1 unspecified atom stereocenters. The van der Waals surface area contributed by atoms with Crippen molar-refractivity contribution < 1.29 is 13.9 Å². The molecule has 0 bridgehead atoms. The van der Waals surface area contributed by atoms with Crippen LogP contribution in [0.15, 0.2) is 30.3 Å². The predicted octanol–water partition coefficient (Wildman–Crippen LogP) is 1.96. The number of benzene rings is 1. The molecule has 1 aromatic carbocycles. The van der Waals surface area contributed by atoms with E-state index in [0.717, 1.165) is 0 Å². The zero-order valence-electron chi connectivity index (χ0n) is 7.00. The van der Waals surface area contributed by atoms with Crippen molar-refractivity contribution >= 4 is 0 Å². The molecule has 1 aliphatic rings. The normalized spacial score (nSPS) is 30.1. The van der Waals surface area contributed by atoms with E-state index in [4.69, 9.17) is 5.11 Å². The van der Waals surface area contributed by atoms with Crippen molar-refractivity contribution in [2.45, 2.75) is 17.8 Å². The van der Waals surface area contributed by atoms with Crippen molar-refractivity contribution in [2.24, 2.45) is 0 Å². The second-order valence-electron chi connectivity index (χ2n) is 3.49. The molecule has 0 aromatic heterocycles. The zero-order chi connectivity index (χ0) is 9.53. The highest BCUT2D eigenvalue weighted by atomic mass is 19.3. The fourth-order valence-corrected chi connectivity index (χ4v) is 1.67. The van der Waals surface area contributed by atoms with Crippen LogP contribution in [-0.2, 0) is 5.41 Å². The van der Waals surface area contributed by atoms with Crippen molar-refractivity contribution in [3.8, 4) is 0 Å². The third-order valence-corrected chi connectivity index (χ3v) is 2.70. The number of hydrogen-bond acceptors (Lipinski definition) is 1. The van der Waals surface area contributed by atoms with Gasteiger partial charge in [-0.3, -0.25) is 0 Å². The molecule has 1 saturated carbocycles. The third-order valence-electron chi connectivity index (χ3n) is 2.70. The second kappa shape index (κ2) is 2.51. The summed E-state index contributed by atoms with van der Waals surface area (Å²) in [5.41, 5.74) is -0.767. The Balaban J connectivity index is 2.37. The largest absolute Gasteiger partial charge is 0.395 e. The lowest BCUT2D eigenvalue weighted by atomic mass is 9.96. The predicted molar refractivity (Wildman–Crippen MR) is 44.8 cm³/mol. The third kappa shape index (κ3) is 1.07. The van der Waals surface area contributed by atoms with Crippen LogP contribution < -0.4 is 0 Å². The van der Waals surface area contributed by atoms with E-state index in [9.17, 15) is 8.78 Å². The van der Waals surface area contributed by atoms with Gasteiger partial charge in [0, 0.05) is 6.42 Å². The van der Waals surface area contributed by atoms with E-state index < -0.39 is 17.9 Å². The van der Waals surface area contributed by atoms with Crippen molar-refractivity contribution in [3.05, 3.63) is 35.9 Å². The lowest BCUT2D eigenvalue weighted by molar-refractivity contribution is 0.0673. The summed E-state index contributed by atoms with van der Waals surface area (Å²) in [6.45, 7) is -0.482. The first-order valence-electron chi connectivity index (χ1n) is 4.17. The lowest BCUT2D eigenvalue weighted by Gasteiger charge is -2.12. The van der Waals surface area contributed by atoms with Crippen LogP contribution in [0, 0.1) is 0 Å². The summed E-state index contributed by atoms with van der Waals surface area (Å²) in [7, 11) is 0. The molecule has 1 N–H and O–H groups in total. The van der Waals surface area contributed by atoms with Crippen LogP contribution in [0.3, 0.4) is 0 Å². The number of rotatable bonds is 2. The fraction of sp³-hybridized carbons (Fsp3) is 0.400. The van der Waals surface area contributed by atoms with Crippen molar-refractivity contribution in [3.63, 3.8) is 0 Å². The van der Waals surface area contributed by atoms with Gasteiger partial charge in [-0.25, -0.2) is 8.78 Å². The van der Waals surface area contributed by atoms with Crippen LogP contribution in [0.2, 0.25) is 0 Å². The summed E-state index contributed by atoms with van der Waals surface area (Å²) in [5.74, 6) is -2.73. The van der Waals surface area contributed by atoms with E-state index in [0.29, 0.717) is 5.56 Å². The molecule has 1 atom stereocenters. The highest BCUT2D eigenvalue weighted by molar-refractivity contribution is 5.37. The Morgan fingerprint density at radius 2 is 1.77 bits per heavy atom. The molecule has 13 heavy (non-hydrogen) atoms. The summed E-state index contributed by atoms with van der Waals surface area (Å²) >= 11 is 0. The molecule has 3 heteroatoms. The topological polar surface area (TPSA) is 20.2 Å². The number of halogens is 2. The molecule has 0 spiro atoms. The van der Waals surface area contributed by atoms with Crippen LogP contribution in [0.4, 0.5) is 8.78 Å². The van der Waals surface area contributed by atoms with Crippen LogP contribution in [-0.4, -0.2) is 17.6 Å². The Morgan fingerprint density at radius 3 is 2.15 bits per heavy atom. The van der Waals surface area contributed by atoms with Crippen LogP contribution in [0.1, 0.15) is 12.0 Å². The number of aliphatic hydroxyl groups is 1. The molecule has 1 aromatic rings. The summed E-state index contributed by atoms with van der Waals surface area (Å²) in [5, 5.41) is 8.97. The van der Waals surface area contributed by atoms with Gasteiger partial charge in [-0.2, -0.15) is 0 Å². The van der Waals surface area contributed by atoms with Gasteiger partial charge in [0.2, 0.25) is 0 Å². The van der Waals surface area contributed by atoms with Crippen molar-refractivity contribution in [1.29, 1.82) is 0 Å². The molecule has 0 saturated heterocycles. The number of aliphatic hydroxyl groups excluding tert-OH is 1. The molecule has 0 aliphatic heterocycles. The van der Waals surface area contributed by atoms with Crippen molar-refractivity contribution in [2.75, 3.05) is 6.61 Å². The summed E-state index contributed by atoms with van der Waals surface area (Å²) < 4.78 is 26.0. The summed E-state index contributed by atoms with van der Waals surface area (Å²) in [6.07, 6.45) is -0.236. The minimum Gasteiger partial charge on any atom is -0.395 e. The van der Waals surface area contributed by atoms with Gasteiger partial charge in [0.1, 0.15) is 0 Å². The maximum atomic E-state index is 13.0. The molecule has 70 valence electrons. The molecule has 1 fully saturated rings. The molecule has 1 aliphatic carbocycles. The Kier molecular flexibility index (Phi) is 1.67. The lowest BCUT2D eigenvalue weighted by Crippen LogP contribution is -2.20. The van der Waals surface area contributed by atoms with E-state index in [1.807, 2.05) is 0 Å². The number of alkyl halides is 2. The molecular formula is C10H10F2O. The van der Waals surface area contributed by atoms with Gasteiger partial charge in [0.05, 0.1) is 12.0 Å². The summed E-state index contributed by atoms with van der Waals surface area (Å²) in [4.78, 5) is 0. The van der Waals surface area contributed by atoms with Gasteiger partial charge in [0.15, 0.2) is 0 Å². The van der Waals surface area contributed by atoms with E-state index in [-0.39, 0.29) is 6.42 Å². The molecule has 1 nitrogen and oxygen atoms in total. The fourth-order valence-electron chi connectivity index (χ4n) is 1.67. The molecule has 0 heterocycles. The molecule has 0 radical (unpaired) electrons. The first-order chi connectivity index (χ1) is 6.12. The van der Waals surface area contributed by atoms with Gasteiger partial charge >= 0.3 is 0 Å². The second-order valence-corrected chi connectivity index (χ2v) is 3.49. The maximum absolute atomic E-state index is 13.0. The standard InChI is InChI=1S/C10H10F2O/c11-10(12)6-9(10,7-13)8-4-2-1-3-5-8/h1-5,13H,6-7H2. The highest BCUT2D eigenvalue weighted by Gasteiger charge is 2.71. The van der Waals surface area contributed by atoms with E-state index in [1.165, 1.54) is 0 Å². The Bertz CT molecular complexity index is 310. The maximum Gasteiger partial charge on any atom is 0.261 e. The molecule has 0 amide bonds. The Hall–Kier alpha value is -0.960. The van der Waals surface area contributed by atoms with Crippen LogP contribution >= 0.6 is 0 Å². The Morgan fingerprint density at radius 1 is 1.23 bits per heavy atom. The molecular weight excluding hydrogens is 174 g/mol. The highest BCUT2D eigenvalue weighted by Crippen LogP contribution is 2.61. The van der Waals surface area contributed by atoms with Crippen LogP contribution in [0.25, 0.3) is 0 Å². The van der Waals surface area contributed by atoms with Gasteiger partial charge in [-0.1, -0.05) is 30.3 Å². The van der Waals surface area contributed by atoms with Crippen LogP contribution in [0.5, 0.6) is 0 Å². The SMILES string of the molecule is OCC1(c2ccccc2)CC1(F)F. The van der Waals surface area contributed by atoms with Gasteiger partial charge in [-0.05, 0) is 5.56 Å².